The van der Waals surface area contributed by atoms with Gasteiger partial charge in [0.25, 0.3) is 0 Å². The Balaban J connectivity index is 2.23. The zero-order valence-corrected chi connectivity index (χ0v) is 9.28. The smallest absolute Gasteiger partial charge is 0.230 e. The molecule has 0 radical (unpaired) electrons. The summed E-state index contributed by atoms with van der Waals surface area (Å²) in [5, 5.41) is 0. The summed E-state index contributed by atoms with van der Waals surface area (Å²) in [6.45, 7) is -0.616. The second kappa shape index (κ2) is 4.64. The van der Waals surface area contributed by atoms with E-state index in [9.17, 15) is 23.2 Å². The van der Waals surface area contributed by atoms with Gasteiger partial charge >= 0.3 is 0 Å². The van der Waals surface area contributed by atoms with E-state index >= 15 is 0 Å². The van der Waals surface area contributed by atoms with Crippen LogP contribution in [0.15, 0.2) is 18.2 Å². The number of nitrogens with zero attached hydrogens (tertiary/aromatic N) is 1. The van der Waals surface area contributed by atoms with Gasteiger partial charge in [-0.1, -0.05) is 6.07 Å². The third-order valence-corrected chi connectivity index (χ3v) is 2.70. The van der Waals surface area contributed by atoms with Crippen LogP contribution in [-0.4, -0.2) is 29.0 Å². The lowest BCUT2D eigenvalue weighted by molar-refractivity contribution is -0.137. The first-order chi connectivity index (χ1) is 8.50. The Bertz CT molecular complexity index is 506. The second-order valence-electron chi connectivity index (χ2n) is 3.89. The van der Waals surface area contributed by atoms with Crippen LogP contribution in [0.25, 0.3) is 0 Å². The number of carbonyl (C=O) groups excluding carboxylic acids is 3. The van der Waals surface area contributed by atoms with E-state index < -0.39 is 41.3 Å². The summed E-state index contributed by atoms with van der Waals surface area (Å²) in [4.78, 5) is 35.0. The number of amides is 2. The summed E-state index contributed by atoms with van der Waals surface area (Å²) in [5.74, 6) is -3.91. The first-order valence-electron chi connectivity index (χ1n) is 5.31. The van der Waals surface area contributed by atoms with Crippen molar-refractivity contribution in [3.8, 4) is 0 Å². The van der Waals surface area contributed by atoms with Crippen LogP contribution in [0.3, 0.4) is 0 Å². The van der Waals surface area contributed by atoms with E-state index in [2.05, 4.69) is 0 Å². The lowest BCUT2D eigenvalue weighted by Gasteiger charge is -2.13. The molecule has 0 bridgehead atoms. The molecular weight excluding hydrogens is 244 g/mol. The molecule has 1 aliphatic heterocycles. The molecule has 2 amide bonds. The molecule has 0 N–H and O–H groups in total. The number of imide groups is 1. The maximum atomic E-state index is 13.3. The van der Waals surface area contributed by atoms with Crippen molar-refractivity contribution in [3.63, 3.8) is 0 Å². The van der Waals surface area contributed by atoms with Crippen LogP contribution in [-0.2, 0) is 9.59 Å². The largest absolute Gasteiger partial charge is 0.292 e. The lowest BCUT2D eigenvalue weighted by Crippen LogP contribution is -2.34. The molecule has 1 saturated heterocycles. The van der Waals surface area contributed by atoms with Crippen LogP contribution < -0.4 is 0 Å². The Kier molecular flexibility index (Phi) is 3.18. The first-order valence-corrected chi connectivity index (χ1v) is 5.31. The van der Waals surface area contributed by atoms with Gasteiger partial charge in [-0.2, -0.15) is 0 Å². The van der Waals surface area contributed by atoms with Gasteiger partial charge in [-0.15, -0.1) is 0 Å². The fourth-order valence-corrected chi connectivity index (χ4v) is 1.79. The summed E-state index contributed by atoms with van der Waals surface area (Å²) in [6, 6.07) is 3.03. The van der Waals surface area contributed by atoms with Crippen LogP contribution >= 0.6 is 0 Å². The van der Waals surface area contributed by atoms with E-state index in [-0.39, 0.29) is 12.8 Å². The fourth-order valence-electron chi connectivity index (χ4n) is 1.79. The molecule has 0 aromatic heterocycles. The molecule has 1 aromatic carbocycles. The summed E-state index contributed by atoms with van der Waals surface area (Å²) in [7, 11) is 0. The van der Waals surface area contributed by atoms with E-state index in [1.54, 1.807) is 0 Å². The molecule has 6 heteroatoms. The van der Waals surface area contributed by atoms with Gasteiger partial charge in [0.1, 0.15) is 11.6 Å². The molecule has 0 saturated carbocycles. The summed E-state index contributed by atoms with van der Waals surface area (Å²) in [6.07, 6.45) is 0.0672. The summed E-state index contributed by atoms with van der Waals surface area (Å²) in [5.41, 5.74) is -0.718. The molecule has 2 rings (SSSR count). The minimum atomic E-state index is -1.00. The molecule has 18 heavy (non-hydrogen) atoms. The third-order valence-electron chi connectivity index (χ3n) is 2.70. The lowest BCUT2D eigenvalue weighted by atomic mass is 10.1. The van der Waals surface area contributed by atoms with E-state index in [4.69, 9.17) is 0 Å². The molecule has 1 aromatic rings. The number of benzene rings is 1. The van der Waals surface area contributed by atoms with Crippen molar-refractivity contribution in [1.82, 2.24) is 4.90 Å². The van der Waals surface area contributed by atoms with Gasteiger partial charge in [0.15, 0.2) is 5.78 Å². The highest BCUT2D eigenvalue weighted by atomic mass is 19.1. The predicted molar refractivity (Wildman–Crippen MR) is 56.6 cm³/mol. The molecular formula is C12H9F2NO3. The Morgan fingerprint density at radius 2 is 1.61 bits per heavy atom. The molecule has 1 fully saturated rings. The minimum absolute atomic E-state index is 0.0336. The van der Waals surface area contributed by atoms with Crippen LogP contribution in [0.4, 0.5) is 8.78 Å². The number of carbonyl (C=O) groups is 3. The van der Waals surface area contributed by atoms with Gasteiger partial charge in [-0.25, -0.2) is 8.78 Å². The van der Waals surface area contributed by atoms with E-state index in [0.29, 0.717) is 0 Å². The molecule has 0 spiro atoms. The number of ketones is 1. The maximum absolute atomic E-state index is 13.3. The van der Waals surface area contributed by atoms with E-state index in [0.717, 1.165) is 23.1 Å². The molecule has 1 heterocycles. The van der Waals surface area contributed by atoms with E-state index in [1.807, 2.05) is 0 Å². The van der Waals surface area contributed by atoms with Crippen molar-refractivity contribution in [2.75, 3.05) is 6.54 Å². The SMILES string of the molecule is O=C(CN1C(=O)CCC1=O)c1c(F)cccc1F. The standard InChI is InChI=1S/C12H9F2NO3/c13-7-2-1-3-8(14)12(7)9(16)6-15-10(17)4-5-11(15)18/h1-3H,4-6H2. The van der Waals surface area contributed by atoms with Crippen molar-refractivity contribution in [3.05, 3.63) is 35.4 Å². The highest BCUT2D eigenvalue weighted by Crippen LogP contribution is 2.16. The summed E-state index contributed by atoms with van der Waals surface area (Å²) >= 11 is 0. The first kappa shape index (κ1) is 12.3. The van der Waals surface area contributed by atoms with Crippen molar-refractivity contribution >= 4 is 17.6 Å². The average Bonchev–Trinajstić information content (AvgIpc) is 2.60. The molecule has 4 nitrogen and oxygen atoms in total. The number of likely N-dealkylation sites (tertiary alicyclic amines) is 1. The van der Waals surface area contributed by atoms with Crippen molar-refractivity contribution < 1.29 is 23.2 Å². The number of rotatable bonds is 3. The van der Waals surface area contributed by atoms with Gasteiger partial charge in [-0.3, -0.25) is 19.3 Å². The Morgan fingerprint density at radius 1 is 1.11 bits per heavy atom. The van der Waals surface area contributed by atoms with Crippen molar-refractivity contribution in [2.24, 2.45) is 0 Å². The maximum Gasteiger partial charge on any atom is 0.230 e. The van der Waals surface area contributed by atoms with Crippen molar-refractivity contribution in [1.29, 1.82) is 0 Å². The van der Waals surface area contributed by atoms with Gasteiger partial charge < -0.3 is 0 Å². The zero-order valence-electron chi connectivity index (χ0n) is 9.28. The van der Waals surface area contributed by atoms with Crippen LogP contribution in [0, 0.1) is 11.6 Å². The number of hydrogen-bond acceptors (Lipinski definition) is 3. The average molecular weight is 253 g/mol. The van der Waals surface area contributed by atoms with Gasteiger partial charge in [-0.05, 0) is 12.1 Å². The van der Waals surface area contributed by atoms with Crippen molar-refractivity contribution in [2.45, 2.75) is 12.8 Å². The summed E-state index contributed by atoms with van der Waals surface area (Å²) < 4.78 is 26.6. The van der Waals surface area contributed by atoms with Gasteiger partial charge in [0.05, 0.1) is 12.1 Å². The van der Waals surface area contributed by atoms with Crippen LogP contribution in [0.1, 0.15) is 23.2 Å². The van der Waals surface area contributed by atoms with Crippen LogP contribution in [0.5, 0.6) is 0 Å². The number of Topliss-reactive ketones (excluding diaryl/α,β-unsaturated/α-hetero) is 1. The Hall–Kier alpha value is -2.11. The zero-order chi connectivity index (χ0) is 13.3. The quantitative estimate of drug-likeness (QED) is 0.602. The van der Waals surface area contributed by atoms with E-state index in [1.165, 1.54) is 0 Å². The molecule has 1 aliphatic rings. The highest BCUT2D eigenvalue weighted by molar-refractivity contribution is 6.08. The number of hydrogen-bond donors (Lipinski definition) is 0. The molecule has 94 valence electrons. The fraction of sp³-hybridized carbons (Fsp3) is 0.250. The normalized spacial score (nSPS) is 15.3. The second-order valence-corrected chi connectivity index (χ2v) is 3.89. The van der Waals surface area contributed by atoms with Gasteiger partial charge in [0, 0.05) is 12.8 Å². The topological polar surface area (TPSA) is 54.5 Å². The van der Waals surface area contributed by atoms with Gasteiger partial charge in [0.2, 0.25) is 11.8 Å². The minimum Gasteiger partial charge on any atom is -0.292 e. The van der Waals surface area contributed by atoms with Crippen LogP contribution in [0.2, 0.25) is 0 Å². The number of halogens is 2. The molecule has 0 unspecified atom stereocenters. The Labute approximate surface area is 101 Å². The third kappa shape index (κ3) is 2.13. The highest BCUT2D eigenvalue weighted by Gasteiger charge is 2.31. The molecule has 0 aliphatic carbocycles. The predicted octanol–water partition coefficient (Wildman–Crippen LogP) is 1.30. The molecule has 0 atom stereocenters. The monoisotopic (exact) mass is 253 g/mol. The Morgan fingerprint density at radius 3 is 2.11 bits per heavy atom.